The zero-order chi connectivity index (χ0) is 8.91. The van der Waals surface area contributed by atoms with E-state index in [1.165, 1.54) is 5.57 Å². The fourth-order valence-electron chi connectivity index (χ4n) is 0.557. The first-order chi connectivity index (χ1) is 4.98. The topological polar surface area (TPSA) is 0 Å². The standard InChI is InChI=1S/C11H18/c1-6-11(4,5)9-7-8-10(2)3/h6-9H,1H2,2-5H3/b9-7+. The SMILES string of the molecule is C=CC(C)(C)/C=C/C=C(C)C. The maximum Gasteiger partial charge on any atom is 0.000484 e. The highest BCUT2D eigenvalue weighted by Crippen LogP contribution is 2.17. The van der Waals surface area contributed by atoms with E-state index in [1.807, 2.05) is 6.08 Å². The van der Waals surface area contributed by atoms with Gasteiger partial charge in [0, 0.05) is 5.41 Å². The third-order valence-electron chi connectivity index (χ3n) is 1.48. The lowest BCUT2D eigenvalue weighted by atomic mass is 9.93. The van der Waals surface area contributed by atoms with Crippen LogP contribution in [0.1, 0.15) is 27.7 Å². The lowest BCUT2D eigenvalue weighted by molar-refractivity contribution is 0.628. The smallest absolute Gasteiger partial charge is 0.000484 e. The van der Waals surface area contributed by atoms with Gasteiger partial charge < -0.3 is 0 Å². The van der Waals surface area contributed by atoms with Gasteiger partial charge in [-0.05, 0) is 13.8 Å². The van der Waals surface area contributed by atoms with Gasteiger partial charge in [0.05, 0.1) is 0 Å². The average Bonchev–Trinajstić information content (AvgIpc) is 1.87. The first kappa shape index (κ1) is 10.2. The summed E-state index contributed by atoms with van der Waals surface area (Å²) in [6.07, 6.45) is 8.28. The Morgan fingerprint density at radius 2 is 1.82 bits per heavy atom. The molecule has 0 radical (unpaired) electrons. The number of allylic oxidation sites excluding steroid dienone is 5. The number of hydrogen-bond acceptors (Lipinski definition) is 0. The molecular formula is C11H18. The Kier molecular flexibility index (Phi) is 3.88. The predicted molar refractivity (Wildman–Crippen MR) is 52.5 cm³/mol. The van der Waals surface area contributed by atoms with Gasteiger partial charge in [-0.15, -0.1) is 6.58 Å². The summed E-state index contributed by atoms with van der Waals surface area (Å²) in [6.45, 7) is 12.2. The monoisotopic (exact) mass is 150 g/mol. The van der Waals surface area contributed by atoms with Gasteiger partial charge in [0.15, 0.2) is 0 Å². The Balaban J connectivity index is 4.13. The Bertz CT molecular complexity index is 176. The molecule has 0 N–H and O–H groups in total. The lowest BCUT2D eigenvalue weighted by Crippen LogP contribution is -2.00. The van der Waals surface area contributed by atoms with Gasteiger partial charge in [-0.2, -0.15) is 0 Å². The third kappa shape index (κ3) is 5.65. The van der Waals surface area contributed by atoms with Crippen molar-refractivity contribution < 1.29 is 0 Å². The maximum absolute atomic E-state index is 3.76. The zero-order valence-corrected chi connectivity index (χ0v) is 8.02. The van der Waals surface area contributed by atoms with Gasteiger partial charge in [-0.1, -0.05) is 43.7 Å². The summed E-state index contributed by atoms with van der Waals surface area (Å²) < 4.78 is 0. The molecule has 0 aliphatic rings. The molecule has 0 fully saturated rings. The first-order valence-corrected chi connectivity index (χ1v) is 3.94. The van der Waals surface area contributed by atoms with E-state index in [1.54, 1.807) is 0 Å². The van der Waals surface area contributed by atoms with Crippen LogP contribution in [0.3, 0.4) is 0 Å². The largest absolute Gasteiger partial charge is 0.102 e. The summed E-state index contributed by atoms with van der Waals surface area (Å²) >= 11 is 0. The third-order valence-corrected chi connectivity index (χ3v) is 1.48. The minimum Gasteiger partial charge on any atom is -0.102 e. The zero-order valence-electron chi connectivity index (χ0n) is 8.02. The normalized spacial score (nSPS) is 11.6. The van der Waals surface area contributed by atoms with Crippen LogP contribution in [0, 0.1) is 5.41 Å². The van der Waals surface area contributed by atoms with Crippen molar-refractivity contribution in [2.24, 2.45) is 5.41 Å². The van der Waals surface area contributed by atoms with Crippen molar-refractivity contribution in [3.63, 3.8) is 0 Å². The molecule has 0 aliphatic heterocycles. The van der Waals surface area contributed by atoms with E-state index in [2.05, 4.69) is 52.5 Å². The molecule has 0 spiro atoms. The summed E-state index contributed by atoms with van der Waals surface area (Å²) in [6, 6.07) is 0. The second-order valence-corrected chi connectivity index (χ2v) is 3.63. The molecule has 0 unspecified atom stereocenters. The molecule has 62 valence electrons. The predicted octanol–water partition coefficient (Wildman–Crippen LogP) is 3.72. The fraction of sp³-hybridized carbons (Fsp3) is 0.455. The molecule has 0 saturated heterocycles. The van der Waals surface area contributed by atoms with Gasteiger partial charge in [0.25, 0.3) is 0 Å². The van der Waals surface area contributed by atoms with Gasteiger partial charge >= 0.3 is 0 Å². The van der Waals surface area contributed by atoms with Gasteiger partial charge in [0.2, 0.25) is 0 Å². The second-order valence-electron chi connectivity index (χ2n) is 3.63. The highest BCUT2D eigenvalue weighted by atomic mass is 14.1. The first-order valence-electron chi connectivity index (χ1n) is 3.94. The Morgan fingerprint density at radius 1 is 1.27 bits per heavy atom. The highest BCUT2D eigenvalue weighted by Gasteiger charge is 2.05. The minimum atomic E-state index is 0.117. The molecule has 0 aromatic heterocycles. The molecule has 0 aromatic carbocycles. The quantitative estimate of drug-likeness (QED) is 0.425. The molecule has 0 atom stereocenters. The molecule has 0 heteroatoms. The van der Waals surface area contributed by atoms with Crippen LogP contribution in [0.2, 0.25) is 0 Å². The molecule has 0 aromatic rings. The molecule has 0 rings (SSSR count). The van der Waals surface area contributed by atoms with Crippen molar-refractivity contribution in [2.45, 2.75) is 27.7 Å². The summed E-state index contributed by atoms with van der Waals surface area (Å²) in [5, 5.41) is 0. The van der Waals surface area contributed by atoms with Crippen LogP contribution in [0.5, 0.6) is 0 Å². The van der Waals surface area contributed by atoms with E-state index in [4.69, 9.17) is 0 Å². The summed E-state index contributed by atoms with van der Waals surface area (Å²) in [5.74, 6) is 0. The molecule has 0 saturated carbocycles. The molecular weight excluding hydrogens is 132 g/mol. The van der Waals surface area contributed by atoms with E-state index in [-0.39, 0.29) is 5.41 Å². The van der Waals surface area contributed by atoms with Crippen molar-refractivity contribution in [2.75, 3.05) is 0 Å². The Hall–Kier alpha value is -0.780. The molecule has 11 heavy (non-hydrogen) atoms. The molecule has 0 bridgehead atoms. The molecule has 0 heterocycles. The van der Waals surface area contributed by atoms with Crippen LogP contribution >= 0.6 is 0 Å². The van der Waals surface area contributed by atoms with Crippen LogP contribution in [0.15, 0.2) is 36.5 Å². The van der Waals surface area contributed by atoms with Gasteiger partial charge in [-0.3, -0.25) is 0 Å². The minimum absolute atomic E-state index is 0.117. The van der Waals surface area contributed by atoms with Crippen molar-refractivity contribution in [1.82, 2.24) is 0 Å². The van der Waals surface area contributed by atoms with Gasteiger partial charge in [-0.25, -0.2) is 0 Å². The van der Waals surface area contributed by atoms with E-state index >= 15 is 0 Å². The van der Waals surface area contributed by atoms with E-state index in [9.17, 15) is 0 Å². The summed E-state index contributed by atoms with van der Waals surface area (Å²) in [4.78, 5) is 0. The van der Waals surface area contributed by atoms with Crippen LogP contribution in [0.25, 0.3) is 0 Å². The highest BCUT2D eigenvalue weighted by molar-refractivity contribution is 5.14. The van der Waals surface area contributed by atoms with Crippen molar-refractivity contribution >= 4 is 0 Å². The van der Waals surface area contributed by atoms with Gasteiger partial charge in [0.1, 0.15) is 0 Å². The number of rotatable bonds is 3. The molecule has 0 nitrogen and oxygen atoms in total. The maximum atomic E-state index is 3.76. The van der Waals surface area contributed by atoms with E-state index < -0.39 is 0 Å². The second kappa shape index (κ2) is 4.17. The van der Waals surface area contributed by atoms with Crippen LogP contribution in [-0.4, -0.2) is 0 Å². The average molecular weight is 150 g/mol. The van der Waals surface area contributed by atoms with Crippen molar-refractivity contribution in [3.8, 4) is 0 Å². The lowest BCUT2D eigenvalue weighted by Gasteiger charge is -2.12. The summed E-state index contributed by atoms with van der Waals surface area (Å²) in [7, 11) is 0. The van der Waals surface area contributed by atoms with Crippen molar-refractivity contribution in [3.05, 3.63) is 36.5 Å². The Morgan fingerprint density at radius 3 is 2.18 bits per heavy atom. The Labute approximate surface area is 70.3 Å². The van der Waals surface area contributed by atoms with Crippen LogP contribution in [-0.2, 0) is 0 Å². The fourth-order valence-corrected chi connectivity index (χ4v) is 0.557. The molecule has 0 amide bonds. The van der Waals surface area contributed by atoms with Crippen LogP contribution < -0.4 is 0 Å². The number of hydrogen-bond donors (Lipinski definition) is 0. The van der Waals surface area contributed by atoms with Crippen LogP contribution in [0.4, 0.5) is 0 Å². The molecule has 0 aliphatic carbocycles. The van der Waals surface area contributed by atoms with E-state index in [0.717, 1.165) is 0 Å². The summed E-state index contributed by atoms with van der Waals surface area (Å²) in [5.41, 5.74) is 1.44. The van der Waals surface area contributed by atoms with E-state index in [0.29, 0.717) is 0 Å². The van der Waals surface area contributed by atoms with Crippen molar-refractivity contribution in [1.29, 1.82) is 0 Å².